The van der Waals surface area contributed by atoms with E-state index in [2.05, 4.69) is 10.2 Å². The highest BCUT2D eigenvalue weighted by molar-refractivity contribution is 7.73. The molecular formula is C16H13N3OS2. The molecule has 6 heteroatoms. The molecular weight excluding hydrogens is 314 g/mol. The van der Waals surface area contributed by atoms with Gasteiger partial charge < -0.3 is 4.90 Å². The van der Waals surface area contributed by atoms with Crippen LogP contribution in [0.3, 0.4) is 0 Å². The Bertz CT molecular complexity index is 812. The molecule has 0 fully saturated rings. The highest BCUT2D eigenvalue weighted by Gasteiger charge is 2.17. The fraction of sp³-hybridized carbons (Fsp3) is 0.0625. The fourth-order valence-corrected chi connectivity index (χ4v) is 2.97. The lowest BCUT2D eigenvalue weighted by Crippen LogP contribution is -2.25. The Morgan fingerprint density at radius 1 is 1.09 bits per heavy atom. The summed E-state index contributed by atoms with van der Waals surface area (Å²) >= 11 is 6.45. The summed E-state index contributed by atoms with van der Waals surface area (Å²) in [4.78, 5) is 14.4. The van der Waals surface area contributed by atoms with Crippen molar-refractivity contribution in [2.75, 3.05) is 11.4 Å². The van der Waals surface area contributed by atoms with Crippen molar-refractivity contribution in [3.05, 3.63) is 70.2 Å². The van der Waals surface area contributed by atoms with E-state index in [0.29, 0.717) is 14.6 Å². The summed E-state index contributed by atoms with van der Waals surface area (Å²) in [5.74, 6) is 0.0329. The number of Topliss-reactive ketones (excluding diaryl/α,β-unsaturated/α-hetero) is 1. The van der Waals surface area contributed by atoms with Crippen LogP contribution in [0.4, 0.5) is 10.8 Å². The van der Waals surface area contributed by atoms with Crippen LogP contribution in [-0.4, -0.2) is 22.5 Å². The Morgan fingerprint density at radius 2 is 1.73 bits per heavy atom. The van der Waals surface area contributed by atoms with E-state index in [-0.39, 0.29) is 12.3 Å². The quantitative estimate of drug-likeness (QED) is 0.563. The first kappa shape index (κ1) is 14.6. The molecule has 0 radical (unpaired) electrons. The van der Waals surface area contributed by atoms with Gasteiger partial charge in [-0.2, -0.15) is 0 Å². The lowest BCUT2D eigenvalue weighted by molar-refractivity contribution is 0.100. The van der Waals surface area contributed by atoms with Crippen LogP contribution in [0.15, 0.2) is 60.7 Å². The third-order valence-electron chi connectivity index (χ3n) is 3.12. The van der Waals surface area contributed by atoms with Gasteiger partial charge in [0.1, 0.15) is 0 Å². The van der Waals surface area contributed by atoms with Crippen molar-refractivity contribution in [1.29, 1.82) is 0 Å². The topological polar surface area (TPSA) is 49.0 Å². The second-order valence-electron chi connectivity index (χ2n) is 4.61. The van der Waals surface area contributed by atoms with Crippen molar-refractivity contribution in [3.63, 3.8) is 0 Å². The molecule has 0 aliphatic heterocycles. The van der Waals surface area contributed by atoms with Crippen molar-refractivity contribution in [2.24, 2.45) is 0 Å². The van der Waals surface area contributed by atoms with Crippen molar-refractivity contribution in [1.82, 2.24) is 10.2 Å². The molecule has 0 saturated carbocycles. The van der Waals surface area contributed by atoms with E-state index in [9.17, 15) is 4.79 Å². The minimum Gasteiger partial charge on any atom is -0.309 e. The number of nitrogens with one attached hydrogen (secondary N) is 1. The van der Waals surface area contributed by atoms with Crippen LogP contribution in [0.5, 0.6) is 0 Å². The summed E-state index contributed by atoms with van der Waals surface area (Å²) < 4.78 is 0.586. The number of rotatable bonds is 5. The van der Waals surface area contributed by atoms with Gasteiger partial charge in [0.15, 0.2) is 9.74 Å². The number of H-pyrrole nitrogens is 1. The molecule has 110 valence electrons. The number of carbonyl (C=O) groups excluding carboxylic acids is 1. The number of benzene rings is 2. The zero-order chi connectivity index (χ0) is 15.4. The van der Waals surface area contributed by atoms with Gasteiger partial charge in [-0.05, 0) is 24.4 Å². The van der Waals surface area contributed by atoms with E-state index in [1.54, 1.807) is 0 Å². The van der Waals surface area contributed by atoms with Gasteiger partial charge in [0.2, 0.25) is 5.13 Å². The average molecular weight is 327 g/mol. The number of ketones is 1. The van der Waals surface area contributed by atoms with E-state index >= 15 is 0 Å². The number of carbonyl (C=O) groups is 1. The van der Waals surface area contributed by atoms with Crippen molar-refractivity contribution in [3.8, 4) is 0 Å². The van der Waals surface area contributed by atoms with Crippen LogP contribution in [-0.2, 0) is 0 Å². The number of aromatic nitrogens is 2. The number of hydrogen-bond donors (Lipinski definition) is 1. The lowest BCUT2D eigenvalue weighted by atomic mass is 10.1. The Kier molecular flexibility index (Phi) is 4.41. The van der Waals surface area contributed by atoms with Crippen molar-refractivity contribution in [2.45, 2.75) is 0 Å². The molecule has 0 unspecified atom stereocenters. The normalized spacial score (nSPS) is 10.4. The Hall–Kier alpha value is -2.31. The van der Waals surface area contributed by atoms with Crippen LogP contribution >= 0.6 is 23.6 Å². The monoisotopic (exact) mass is 327 g/mol. The van der Waals surface area contributed by atoms with E-state index in [1.165, 1.54) is 11.3 Å². The van der Waals surface area contributed by atoms with Gasteiger partial charge in [0.25, 0.3) is 0 Å². The minimum atomic E-state index is 0.0329. The zero-order valence-corrected chi connectivity index (χ0v) is 13.2. The molecule has 22 heavy (non-hydrogen) atoms. The maximum absolute atomic E-state index is 12.5. The first-order chi connectivity index (χ1) is 10.7. The molecule has 0 aliphatic carbocycles. The molecule has 0 atom stereocenters. The van der Waals surface area contributed by atoms with Gasteiger partial charge in [0.05, 0.1) is 6.54 Å². The Morgan fingerprint density at radius 3 is 2.32 bits per heavy atom. The van der Waals surface area contributed by atoms with E-state index < -0.39 is 0 Å². The molecule has 3 aromatic rings. The number of hydrogen-bond acceptors (Lipinski definition) is 5. The SMILES string of the molecule is O=C(CN(c1ccccc1)c1n[nH]c(=S)s1)c1ccccc1. The summed E-state index contributed by atoms with van der Waals surface area (Å²) in [7, 11) is 0. The zero-order valence-electron chi connectivity index (χ0n) is 11.6. The summed E-state index contributed by atoms with van der Waals surface area (Å²) in [6.45, 7) is 0.212. The first-order valence-electron chi connectivity index (χ1n) is 6.70. The standard InChI is InChI=1S/C16H13N3OS2/c20-14(12-7-3-1-4-8-12)11-19(13-9-5-2-6-10-13)15-17-18-16(21)22-15/h1-10H,11H2,(H,18,21). The summed E-state index contributed by atoms with van der Waals surface area (Å²) in [5, 5.41) is 7.65. The second kappa shape index (κ2) is 6.64. The van der Waals surface area contributed by atoms with Crippen LogP contribution in [0, 0.1) is 3.95 Å². The fourth-order valence-electron chi connectivity index (χ4n) is 2.07. The Labute approximate surface area is 137 Å². The van der Waals surface area contributed by atoms with Crippen LogP contribution in [0.25, 0.3) is 0 Å². The van der Waals surface area contributed by atoms with Gasteiger partial charge in [0, 0.05) is 11.3 Å². The lowest BCUT2D eigenvalue weighted by Gasteiger charge is -2.20. The van der Waals surface area contributed by atoms with Crippen molar-refractivity contribution < 1.29 is 4.79 Å². The maximum Gasteiger partial charge on any atom is 0.211 e. The molecule has 3 rings (SSSR count). The molecule has 0 amide bonds. The first-order valence-corrected chi connectivity index (χ1v) is 7.93. The van der Waals surface area contributed by atoms with Gasteiger partial charge >= 0.3 is 0 Å². The highest BCUT2D eigenvalue weighted by Crippen LogP contribution is 2.27. The van der Waals surface area contributed by atoms with Crippen LogP contribution < -0.4 is 4.90 Å². The van der Waals surface area contributed by atoms with E-state index in [1.807, 2.05) is 65.6 Å². The summed E-state index contributed by atoms with van der Waals surface area (Å²) in [6, 6.07) is 18.9. The van der Waals surface area contributed by atoms with Crippen LogP contribution in [0.2, 0.25) is 0 Å². The molecule has 0 spiro atoms. The molecule has 1 N–H and O–H groups in total. The largest absolute Gasteiger partial charge is 0.309 e. The predicted molar refractivity (Wildman–Crippen MR) is 91.5 cm³/mol. The van der Waals surface area contributed by atoms with Gasteiger partial charge in [-0.1, -0.05) is 59.9 Å². The number of nitrogens with zero attached hydrogens (tertiary/aromatic N) is 2. The number of aromatic amines is 1. The molecule has 4 nitrogen and oxygen atoms in total. The molecule has 1 aromatic heterocycles. The van der Waals surface area contributed by atoms with Gasteiger partial charge in [-0.25, -0.2) is 0 Å². The predicted octanol–water partition coefficient (Wildman–Crippen LogP) is 4.22. The molecule has 0 saturated heterocycles. The Balaban J connectivity index is 1.93. The molecule has 1 heterocycles. The third-order valence-corrected chi connectivity index (χ3v) is 4.24. The highest BCUT2D eigenvalue weighted by atomic mass is 32.1. The summed E-state index contributed by atoms with van der Waals surface area (Å²) in [5.41, 5.74) is 1.59. The second-order valence-corrected chi connectivity index (χ2v) is 6.25. The minimum absolute atomic E-state index is 0.0329. The van der Waals surface area contributed by atoms with Gasteiger partial charge in [-0.15, -0.1) is 5.10 Å². The van der Waals surface area contributed by atoms with Crippen LogP contribution in [0.1, 0.15) is 10.4 Å². The number of anilines is 2. The van der Waals surface area contributed by atoms with E-state index in [0.717, 1.165) is 5.69 Å². The van der Waals surface area contributed by atoms with Gasteiger partial charge in [-0.3, -0.25) is 9.89 Å². The molecule has 0 aliphatic rings. The van der Waals surface area contributed by atoms with E-state index in [4.69, 9.17) is 12.2 Å². The molecule has 2 aromatic carbocycles. The maximum atomic E-state index is 12.5. The summed E-state index contributed by atoms with van der Waals surface area (Å²) in [6.07, 6.45) is 0. The number of para-hydroxylation sites is 1. The third kappa shape index (κ3) is 3.29. The smallest absolute Gasteiger partial charge is 0.211 e. The molecule has 0 bridgehead atoms. The van der Waals surface area contributed by atoms with Crippen molar-refractivity contribution >= 4 is 40.2 Å². The average Bonchev–Trinajstić information content (AvgIpc) is 3.00.